The fraction of sp³-hybridized carbons (Fsp3) is 0.700. The van der Waals surface area contributed by atoms with Crippen LogP contribution in [-0.2, 0) is 16.3 Å². The van der Waals surface area contributed by atoms with E-state index in [1.54, 1.807) is 16.4 Å². The molecular formula is C20H32FN3O2S. The molecule has 1 saturated carbocycles. The fourth-order valence-corrected chi connectivity index (χ4v) is 4.85. The van der Waals surface area contributed by atoms with E-state index in [0.29, 0.717) is 18.4 Å². The Hall–Kier alpha value is -0.700. The summed E-state index contributed by atoms with van der Waals surface area (Å²) in [6.07, 6.45) is 5.36. The van der Waals surface area contributed by atoms with Gasteiger partial charge in [-0.2, -0.15) is 0 Å². The van der Waals surface area contributed by atoms with E-state index in [2.05, 4.69) is 10.0 Å². The number of halogens is 1. The zero-order valence-corrected chi connectivity index (χ0v) is 17.1. The van der Waals surface area contributed by atoms with Crippen molar-refractivity contribution >= 4 is 11.5 Å². The molecule has 2 fully saturated rings. The van der Waals surface area contributed by atoms with Crippen LogP contribution in [0.25, 0.3) is 0 Å². The van der Waals surface area contributed by atoms with Crippen LogP contribution in [-0.4, -0.2) is 54.8 Å². The Bertz CT molecular complexity index is 584. The summed E-state index contributed by atoms with van der Waals surface area (Å²) >= 11 is -1.16. The van der Waals surface area contributed by atoms with Gasteiger partial charge in [0.05, 0.1) is 18.8 Å². The third kappa shape index (κ3) is 6.14. The fourth-order valence-electron chi connectivity index (χ4n) is 4.07. The number of hydrogen-bond donors (Lipinski definition) is 2. The Morgan fingerprint density at radius 2 is 2.04 bits per heavy atom. The molecule has 0 bridgehead atoms. The van der Waals surface area contributed by atoms with E-state index in [1.807, 2.05) is 20.2 Å². The molecule has 7 heteroatoms. The molecule has 1 aliphatic heterocycles. The van der Waals surface area contributed by atoms with Gasteiger partial charge in [-0.15, -0.1) is 9.03 Å². The van der Waals surface area contributed by atoms with Gasteiger partial charge in [-0.3, -0.25) is 0 Å². The highest BCUT2D eigenvalue weighted by atomic mass is 32.2. The molecule has 2 N–H and O–H groups in total. The van der Waals surface area contributed by atoms with Gasteiger partial charge in [-0.1, -0.05) is 12.1 Å². The Labute approximate surface area is 165 Å². The number of benzene rings is 1. The molecular weight excluding hydrogens is 365 g/mol. The highest BCUT2D eigenvalue weighted by Gasteiger charge is 2.31. The van der Waals surface area contributed by atoms with Crippen molar-refractivity contribution in [3.05, 3.63) is 35.6 Å². The van der Waals surface area contributed by atoms with Gasteiger partial charge in [0.1, 0.15) is 17.4 Å². The topological polar surface area (TPSA) is 59.6 Å². The van der Waals surface area contributed by atoms with Crippen LogP contribution >= 0.6 is 0 Å². The predicted octanol–water partition coefficient (Wildman–Crippen LogP) is 2.58. The molecule has 2 aliphatic rings. The average Bonchev–Trinajstić information content (AvgIpc) is 2.67. The molecule has 3 atom stereocenters. The van der Waals surface area contributed by atoms with Crippen molar-refractivity contribution in [1.29, 1.82) is 0 Å². The number of nitrogens with one attached hydrogen (secondary N) is 2. The van der Waals surface area contributed by atoms with Crippen molar-refractivity contribution in [2.75, 3.05) is 33.8 Å². The highest BCUT2D eigenvalue weighted by molar-refractivity contribution is 7.87. The smallest absolute Gasteiger partial charge is 0.137 e. The van der Waals surface area contributed by atoms with Gasteiger partial charge < -0.3 is 14.6 Å². The maximum absolute atomic E-state index is 13.4. The van der Waals surface area contributed by atoms with Gasteiger partial charge in [0.25, 0.3) is 0 Å². The number of hydrogen-bond acceptors (Lipinski definition) is 5. The highest BCUT2D eigenvalue weighted by Crippen LogP contribution is 2.34. The van der Waals surface area contributed by atoms with E-state index in [0.717, 1.165) is 50.8 Å². The number of rotatable bonds is 7. The molecule has 3 rings (SSSR count). The molecule has 5 nitrogen and oxygen atoms in total. The SMILES string of the molecule is CN(C)[S+]([O-])NC1CCNC[C@H]1CO[C@H]1CC[C@@H](c2cccc(F)c2)CC1. The van der Waals surface area contributed by atoms with Crippen LogP contribution in [0.1, 0.15) is 43.6 Å². The molecule has 2 unspecified atom stereocenters. The normalized spacial score (nSPS) is 30.4. The van der Waals surface area contributed by atoms with Crippen LogP contribution in [0.5, 0.6) is 0 Å². The lowest BCUT2D eigenvalue weighted by Gasteiger charge is -2.35. The molecule has 152 valence electrons. The maximum atomic E-state index is 13.4. The summed E-state index contributed by atoms with van der Waals surface area (Å²) in [6.45, 7) is 2.52. The van der Waals surface area contributed by atoms with E-state index in [1.165, 1.54) is 6.07 Å². The van der Waals surface area contributed by atoms with E-state index in [4.69, 9.17) is 4.74 Å². The molecule has 0 spiro atoms. The molecule has 0 radical (unpaired) electrons. The van der Waals surface area contributed by atoms with Gasteiger partial charge >= 0.3 is 0 Å². The monoisotopic (exact) mass is 397 g/mol. The number of ether oxygens (including phenoxy) is 1. The average molecular weight is 398 g/mol. The largest absolute Gasteiger partial charge is 0.579 e. The van der Waals surface area contributed by atoms with Crippen molar-refractivity contribution in [2.45, 2.75) is 50.2 Å². The zero-order valence-electron chi connectivity index (χ0n) is 16.3. The maximum Gasteiger partial charge on any atom is 0.137 e. The second-order valence-electron chi connectivity index (χ2n) is 7.90. The van der Waals surface area contributed by atoms with E-state index in [-0.39, 0.29) is 18.0 Å². The molecule has 1 aromatic carbocycles. The second kappa shape index (κ2) is 10.2. The van der Waals surface area contributed by atoms with Gasteiger partial charge in [-0.25, -0.2) is 4.39 Å². The number of nitrogens with zero attached hydrogens (tertiary/aromatic N) is 1. The summed E-state index contributed by atoms with van der Waals surface area (Å²) in [6, 6.07) is 7.21. The third-order valence-electron chi connectivity index (χ3n) is 5.73. The summed E-state index contributed by atoms with van der Waals surface area (Å²) in [5, 5.41) is 3.42. The molecule has 1 aromatic rings. The molecule has 0 amide bonds. The first-order valence-electron chi connectivity index (χ1n) is 9.96. The van der Waals surface area contributed by atoms with Crippen molar-refractivity contribution in [3.63, 3.8) is 0 Å². The van der Waals surface area contributed by atoms with Crippen LogP contribution in [0.15, 0.2) is 24.3 Å². The van der Waals surface area contributed by atoms with Crippen LogP contribution in [0.3, 0.4) is 0 Å². The van der Waals surface area contributed by atoms with Crippen molar-refractivity contribution < 1.29 is 13.7 Å². The van der Waals surface area contributed by atoms with Crippen molar-refractivity contribution in [2.24, 2.45) is 5.92 Å². The zero-order chi connectivity index (χ0) is 19.2. The van der Waals surface area contributed by atoms with E-state index in [9.17, 15) is 8.94 Å². The summed E-state index contributed by atoms with van der Waals surface area (Å²) in [5.74, 6) is 0.613. The minimum atomic E-state index is -1.16. The standard InChI is InChI=1S/C20H32FN3O2S/c1-24(2)27(25)23-20-10-11-22-13-17(20)14-26-19-8-6-15(7-9-19)16-4-3-5-18(21)12-16/h3-5,12,15,17,19-20,22-23H,6-11,13-14H2,1-2H3/t15-,17-,19+,20?,27?/m0/s1. The van der Waals surface area contributed by atoms with Crippen LogP contribution in [0, 0.1) is 11.7 Å². The lowest BCUT2D eigenvalue weighted by atomic mass is 9.82. The first kappa shape index (κ1) is 21.0. The quantitative estimate of drug-likeness (QED) is 0.693. The van der Waals surface area contributed by atoms with Gasteiger partial charge in [-0.05, 0) is 62.3 Å². The Kier molecular flexibility index (Phi) is 7.93. The third-order valence-corrected chi connectivity index (χ3v) is 6.90. The lowest BCUT2D eigenvalue weighted by Crippen LogP contribution is -2.53. The van der Waals surface area contributed by atoms with Gasteiger partial charge in [0.15, 0.2) is 0 Å². The summed E-state index contributed by atoms with van der Waals surface area (Å²) in [7, 11) is 3.62. The molecule has 1 saturated heterocycles. The van der Waals surface area contributed by atoms with Crippen LogP contribution < -0.4 is 10.0 Å². The summed E-state index contributed by atoms with van der Waals surface area (Å²) in [5.41, 5.74) is 1.11. The van der Waals surface area contributed by atoms with E-state index >= 15 is 0 Å². The molecule has 1 heterocycles. The van der Waals surface area contributed by atoms with Gasteiger partial charge in [0, 0.05) is 26.6 Å². The minimum Gasteiger partial charge on any atom is -0.579 e. The first-order chi connectivity index (χ1) is 13.0. The van der Waals surface area contributed by atoms with Crippen LogP contribution in [0.4, 0.5) is 4.39 Å². The molecule has 1 aliphatic carbocycles. The van der Waals surface area contributed by atoms with Crippen molar-refractivity contribution in [1.82, 2.24) is 14.3 Å². The number of piperidine rings is 1. The molecule has 0 aromatic heterocycles. The van der Waals surface area contributed by atoms with Gasteiger partial charge in [0.2, 0.25) is 0 Å². The minimum absolute atomic E-state index is 0.149. The summed E-state index contributed by atoms with van der Waals surface area (Å²) < 4.78 is 36.7. The Morgan fingerprint density at radius 3 is 2.74 bits per heavy atom. The first-order valence-corrected chi connectivity index (χ1v) is 11.1. The van der Waals surface area contributed by atoms with Crippen LogP contribution in [0.2, 0.25) is 0 Å². The Balaban J connectivity index is 1.44. The lowest BCUT2D eigenvalue weighted by molar-refractivity contribution is -0.00414. The van der Waals surface area contributed by atoms with Crippen molar-refractivity contribution in [3.8, 4) is 0 Å². The summed E-state index contributed by atoms with van der Waals surface area (Å²) in [4.78, 5) is 0. The van der Waals surface area contributed by atoms with E-state index < -0.39 is 11.5 Å². The predicted molar refractivity (Wildman–Crippen MR) is 107 cm³/mol. The second-order valence-corrected chi connectivity index (χ2v) is 9.37. The molecule has 27 heavy (non-hydrogen) atoms. The Morgan fingerprint density at radius 1 is 1.26 bits per heavy atom.